The van der Waals surface area contributed by atoms with Gasteiger partial charge in [0.1, 0.15) is 0 Å². The minimum atomic E-state index is -0.354. The van der Waals surface area contributed by atoms with Gasteiger partial charge >= 0.3 is 0 Å². The second-order valence-electron chi connectivity index (χ2n) is 4.78. The van der Waals surface area contributed by atoms with E-state index < -0.39 is 0 Å². The van der Waals surface area contributed by atoms with Gasteiger partial charge < -0.3 is 10.8 Å². The highest BCUT2D eigenvalue weighted by molar-refractivity contribution is 5.46. The third-order valence-corrected chi connectivity index (χ3v) is 2.47. The molecule has 3 N–H and O–H groups in total. The summed E-state index contributed by atoms with van der Waals surface area (Å²) in [4.78, 5) is 0. The summed E-state index contributed by atoms with van der Waals surface area (Å²) < 4.78 is 0. The van der Waals surface area contributed by atoms with Gasteiger partial charge in [0.2, 0.25) is 0 Å². The Morgan fingerprint density at radius 1 is 1.29 bits per heavy atom. The van der Waals surface area contributed by atoms with Crippen LogP contribution in [0.25, 0.3) is 0 Å². The van der Waals surface area contributed by atoms with Crippen LogP contribution in [-0.2, 0) is 6.42 Å². The first kappa shape index (κ1) is 11.1. The lowest BCUT2D eigenvalue weighted by atomic mass is 9.85. The van der Waals surface area contributed by atoms with Gasteiger partial charge in [0.15, 0.2) is 0 Å². The van der Waals surface area contributed by atoms with Crippen LogP contribution in [0.1, 0.15) is 26.3 Å². The van der Waals surface area contributed by atoms with Crippen LogP contribution >= 0.6 is 0 Å². The number of nitrogens with two attached hydrogens (primary N) is 1. The molecule has 1 aromatic rings. The van der Waals surface area contributed by atoms with E-state index in [4.69, 9.17) is 5.73 Å². The van der Waals surface area contributed by atoms with Crippen LogP contribution in [0, 0.1) is 5.41 Å². The lowest BCUT2D eigenvalue weighted by Gasteiger charge is -2.26. The van der Waals surface area contributed by atoms with Gasteiger partial charge in [-0.15, -0.1) is 0 Å². The smallest absolute Gasteiger partial charge is 0.0629 e. The molecule has 0 saturated heterocycles. The van der Waals surface area contributed by atoms with Crippen molar-refractivity contribution in [1.82, 2.24) is 0 Å². The van der Waals surface area contributed by atoms with Crippen molar-refractivity contribution in [2.45, 2.75) is 33.3 Å². The van der Waals surface area contributed by atoms with E-state index in [2.05, 4.69) is 0 Å². The number of hydrogen-bond acceptors (Lipinski definition) is 2. The summed E-state index contributed by atoms with van der Waals surface area (Å²) in [6.45, 7) is 6.07. The van der Waals surface area contributed by atoms with Gasteiger partial charge in [0, 0.05) is 12.1 Å². The van der Waals surface area contributed by atoms with E-state index in [-0.39, 0.29) is 11.5 Å². The maximum atomic E-state index is 9.91. The highest BCUT2D eigenvalue weighted by Crippen LogP contribution is 2.24. The van der Waals surface area contributed by atoms with Gasteiger partial charge in [-0.25, -0.2) is 0 Å². The number of anilines is 1. The molecule has 1 rings (SSSR count). The number of nitrogen functional groups attached to an aromatic ring is 1. The van der Waals surface area contributed by atoms with Gasteiger partial charge in [-0.3, -0.25) is 0 Å². The molecule has 0 heterocycles. The van der Waals surface area contributed by atoms with Gasteiger partial charge in [-0.2, -0.15) is 0 Å². The monoisotopic (exact) mass is 193 g/mol. The molecule has 0 aromatic heterocycles. The molecule has 0 bridgehead atoms. The van der Waals surface area contributed by atoms with Crippen molar-refractivity contribution in [2.24, 2.45) is 5.41 Å². The Morgan fingerprint density at radius 2 is 1.86 bits per heavy atom. The molecule has 0 fully saturated rings. The summed E-state index contributed by atoms with van der Waals surface area (Å²) in [6.07, 6.45) is 0.267. The molecule has 2 heteroatoms. The molecule has 0 aliphatic rings. The van der Waals surface area contributed by atoms with E-state index in [1.165, 1.54) is 0 Å². The van der Waals surface area contributed by atoms with Crippen molar-refractivity contribution in [3.05, 3.63) is 29.8 Å². The summed E-state index contributed by atoms with van der Waals surface area (Å²) in [5.41, 5.74) is 7.49. The number of aliphatic hydroxyl groups is 1. The quantitative estimate of drug-likeness (QED) is 0.707. The summed E-state index contributed by atoms with van der Waals surface area (Å²) in [7, 11) is 0. The Morgan fingerprint density at radius 3 is 2.36 bits per heavy atom. The van der Waals surface area contributed by atoms with E-state index in [1.54, 1.807) is 0 Å². The Kier molecular flexibility index (Phi) is 3.17. The van der Waals surface area contributed by atoms with Crippen molar-refractivity contribution in [3.63, 3.8) is 0 Å². The van der Waals surface area contributed by atoms with Crippen LogP contribution in [0.15, 0.2) is 24.3 Å². The van der Waals surface area contributed by atoms with Crippen LogP contribution in [0.3, 0.4) is 0 Å². The van der Waals surface area contributed by atoms with E-state index in [1.807, 2.05) is 45.0 Å². The fraction of sp³-hybridized carbons (Fsp3) is 0.500. The Bertz CT molecular complexity index is 301. The largest absolute Gasteiger partial charge is 0.399 e. The molecule has 1 unspecified atom stereocenters. The van der Waals surface area contributed by atoms with Crippen LogP contribution in [0.2, 0.25) is 0 Å². The molecular formula is C12H19NO. The maximum absolute atomic E-state index is 9.91. The average molecular weight is 193 g/mol. The van der Waals surface area contributed by atoms with E-state index in [0.717, 1.165) is 11.3 Å². The van der Waals surface area contributed by atoms with Crippen molar-refractivity contribution < 1.29 is 5.11 Å². The number of hydrogen-bond donors (Lipinski definition) is 2. The number of benzene rings is 1. The minimum absolute atomic E-state index is 0.0950. The highest BCUT2D eigenvalue weighted by Gasteiger charge is 2.22. The lowest BCUT2D eigenvalue weighted by molar-refractivity contribution is 0.0637. The SMILES string of the molecule is CC(C)(C)C(O)Cc1ccccc1N. The first-order valence-electron chi connectivity index (χ1n) is 4.92. The van der Waals surface area contributed by atoms with Crippen molar-refractivity contribution in [1.29, 1.82) is 0 Å². The van der Waals surface area contributed by atoms with Crippen LogP contribution in [0.4, 0.5) is 5.69 Å². The second-order valence-corrected chi connectivity index (χ2v) is 4.78. The molecule has 14 heavy (non-hydrogen) atoms. The average Bonchev–Trinajstić information content (AvgIpc) is 2.07. The Labute approximate surface area is 85.8 Å². The first-order chi connectivity index (χ1) is 6.41. The zero-order valence-corrected chi connectivity index (χ0v) is 9.12. The van der Waals surface area contributed by atoms with E-state index in [9.17, 15) is 5.11 Å². The zero-order chi connectivity index (χ0) is 10.8. The number of aliphatic hydroxyl groups excluding tert-OH is 1. The van der Waals surface area contributed by atoms with E-state index >= 15 is 0 Å². The topological polar surface area (TPSA) is 46.2 Å². The van der Waals surface area contributed by atoms with Crippen LogP contribution < -0.4 is 5.73 Å². The summed E-state index contributed by atoms with van der Waals surface area (Å²) >= 11 is 0. The van der Waals surface area contributed by atoms with Crippen molar-refractivity contribution in [3.8, 4) is 0 Å². The molecule has 0 aliphatic carbocycles. The lowest BCUT2D eigenvalue weighted by Crippen LogP contribution is -2.28. The molecule has 0 spiro atoms. The molecule has 2 nitrogen and oxygen atoms in total. The predicted octanol–water partition coefficient (Wildman–Crippen LogP) is 2.22. The standard InChI is InChI=1S/C12H19NO/c1-12(2,3)11(14)8-9-6-4-5-7-10(9)13/h4-7,11,14H,8,13H2,1-3H3. The summed E-state index contributed by atoms with van der Waals surface area (Å²) in [6, 6.07) is 7.68. The molecule has 78 valence electrons. The van der Waals surface area contributed by atoms with Crippen LogP contribution in [-0.4, -0.2) is 11.2 Å². The third-order valence-electron chi connectivity index (χ3n) is 2.47. The Balaban J connectivity index is 2.75. The second kappa shape index (κ2) is 4.01. The molecule has 0 amide bonds. The van der Waals surface area contributed by atoms with E-state index in [0.29, 0.717) is 6.42 Å². The van der Waals surface area contributed by atoms with Gasteiger partial charge in [0.05, 0.1) is 6.10 Å². The minimum Gasteiger partial charge on any atom is -0.399 e. The first-order valence-corrected chi connectivity index (χ1v) is 4.92. The van der Waals surface area contributed by atoms with Crippen LogP contribution in [0.5, 0.6) is 0 Å². The zero-order valence-electron chi connectivity index (χ0n) is 9.12. The third kappa shape index (κ3) is 2.74. The predicted molar refractivity (Wildman–Crippen MR) is 60.0 cm³/mol. The molecule has 0 aliphatic heterocycles. The summed E-state index contributed by atoms with van der Waals surface area (Å²) in [5.74, 6) is 0. The van der Waals surface area contributed by atoms with Gasteiger partial charge in [-0.05, 0) is 17.0 Å². The molecule has 0 radical (unpaired) electrons. The van der Waals surface area contributed by atoms with Crippen molar-refractivity contribution in [2.75, 3.05) is 5.73 Å². The molecule has 0 saturated carbocycles. The molecule has 1 aromatic carbocycles. The normalized spacial score (nSPS) is 14.0. The summed E-state index contributed by atoms with van der Waals surface area (Å²) in [5, 5.41) is 9.91. The number of rotatable bonds is 2. The molecular weight excluding hydrogens is 174 g/mol. The maximum Gasteiger partial charge on any atom is 0.0629 e. The van der Waals surface area contributed by atoms with Gasteiger partial charge in [0.25, 0.3) is 0 Å². The number of para-hydroxylation sites is 1. The fourth-order valence-electron chi connectivity index (χ4n) is 1.23. The molecule has 1 atom stereocenters. The van der Waals surface area contributed by atoms with Crippen molar-refractivity contribution >= 4 is 5.69 Å². The fourth-order valence-corrected chi connectivity index (χ4v) is 1.23. The highest BCUT2D eigenvalue weighted by atomic mass is 16.3. The Hall–Kier alpha value is -1.02. The van der Waals surface area contributed by atoms with Gasteiger partial charge in [-0.1, -0.05) is 39.0 Å².